The number of hydrogen-bond donors (Lipinski definition) is 4. The Kier molecular flexibility index (Phi) is 6.81. The van der Waals surface area contributed by atoms with E-state index in [2.05, 4.69) is 20.6 Å². The number of urea groups is 1. The first-order valence-electron chi connectivity index (χ1n) is 11.7. The SMILES string of the molecule is Cc1c(C(=O)Nc2ccc(Oc3ccnc(NC(=O)N4CC(O)C4)c3)c(F)c2)[nH]c(=O)n1-c1ccccc1F. The van der Waals surface area contributed by atoms with Crippen molar-refractivity contribution < 1.29 is 28.2 Å². The van der Waals surface area contributed by atoms with E-state index in [4.69, 9.17) is 4.74 Å². The van der Waals surface area contributed by atoms with Gasteiger partial charge in [0.25, 0.3) is 5.91 Å². The Morgan fingerprint density at radius 3 is 2.56 bits per heavy atom. The van der Waals surface area contributed by atoms with E-state index in [0.717, 1.165) is 10.6 Å². The molecule has 5 rings (SSSR count). The number of ether oxygens (including phenoxy) is 1. The van der Waals surface area contributed by atoms with Crippen molar-refractivity contribution >= 4 is 23.4 Å². The number of rotatable bonds is 6. The number of carbonyl (C=O) groups excluding carboxylic acids is 2. The Balaban J connectivity index is 1.27. The Labute approximate surface area is 219 Å². The van der Waals surface area contributed by atoms with Crippen molar-refractivity contribution in [1.29, 1.82) is 0 Å². The number of aromatic amines is 1. The molecule has 1 aliphatic rings. The van der Waals surface area contributed by atoms with Crippen LogP contribution in [0.1, 0.15) is 16.2 Å². The van der Waals surface area contributed by atoms with Gasteiger partial charge in [-0.1, -0.05) is 12.1 Å². The highest BCUT2D eigenvalue weighted by Gasteiger charge is 2.29. The number of carbonyl (C=O) groups is 2. The summed E-state index contributed by atoms with van der Waals surface area (Å²) in [5, 5.41) is 14.4. The predicted molar refractivity (Wildman–Crippen MR) is 136 cm³/mol. The van der Waals surface area contributed by atoms with E-state index in [1.165, 1.54) is 60.5 Å². The molecule has 1 saturated heterocycles. The molecule has 3 heterocycles. The Morgan fingerprint density at radius 1 is 1.08 bits per heavy atom. The summed E-state index contributed by atoms with van der Waals surface area (Å²) in [5.74, 6) is -1.93. The average Bonchev–Trinajstić information content (AvgIpc) is 3.18. The van der Waals surface area contributed by atoms with Crippen molar-refractivity contribution in [1.82, 2.24) is 19.4 Å². The van der Waals surface area contributed by atoms with Crippen molar-refractivity contribution in [2.45, 2.75) is 13.0 Å². The minimum absolute atomic E-state index is 0.0129. The number of aliphatic hydroxyl groups excluding tert-OH is 1. The maximum absolute atomic E-state index is 14.8. The number of aromatic nitrogens is 3. The largest absolute Gasteiger partial charge is 0.454 e. The second-order valence-corrected chi connectivity index (χ2v) is 8.74. The van der Waals surface area contributed by atoms with Crippen LogP contribution in [0.4, 0.5) is 25.1 Å². The number of anilines is 2. The van der Waals surface area contributed by atoms with Gasteiger partial charge in [-0.2, -0.15) is 0 Å². The molecule has 0 saturated carbocycles. The summed E-state index contributed by atoms with van der Waals surface area (Å²) in [7, 11) is 0. The number of nitrogens with zero attached hydrogens (tertiary/aromatic N) is 3. The van der Waals surface area contributed by atoms with Crippen LogP contribution in [0.2, 0.25) is 0 Å². The van der Waals surface area contributed by atoms with E-state index in [-0.39, 0.29) is 53.2 Å². The normalized spacial score (nSPS) is 13.1. The zero-order chi connectivity index (χ0) is 27.7. The standard InChI is InChI=1S/C26H22F2N6O5/c1-14-23(32-26(38)34(14)20-5-3-2-4-18(20)27)24(36)30-15-6-7-21(19(28)10-15)39-17-8-9-29-22(11-17)31-25(37)33-12-16(35)13-33/h2-11,16,35H,12-13H2,1H3,(H,30,36)(H,32,38)(H,29,31,37). The third-order valence-electron chi connectivity index (χ3n) is 5.99. The van der Waals surface area contributed by atoms with Crippen LogP contribution in [0.25, 0.3) is 5.69 Å². The number of H-pyrrole nitrogens is 1. The van der Waals surface area contributed by atoms with Crippen molar-refractivity contribution in [2.75, 3.05) is 23.7 Å². The number of β-amino-alcohol motifs (C(OH)–C–C–N with tert-alkyl or cyclic N) is 1. The molecule has 0 radical (unpaired) electrons. The van der Waals surface area contributed by atoms with Gasteiger partial charge in [0.05, 0.1) is 30.6 Å². The molecule has 1 aliphatic heterocycles. The fraction of sp³-hybridized carbons (Fsp3) is 0.154. The minimum atomic E-state index is -0.793. The van der Waals surface area contributed by atoms with Crippen LogP contribution < -0.4 is 21.1 Å². The first kappa shape index (κ1) is 25.6. The number of aliphatic hydroxyl groups is 1. The Bertz CT molecular complexity index is 1630. The zero-order valence-electron chi connectivity index (χ0n) is 20.4. The van der Waals surface area contributed by atoms with Gasteiger partial charge in [-0.25, -0.2) is 23.4 Å². The molecule has 11 nitrogen and oxygen atoms in total. The molecule has 0 aliphatic carbocycles. The van der Waals surface area contributed by atoms with Gasteiger partial charge in [0.1, 0.15) is 23.1 Å². The fourth-order valence-electron chi connectivity index (χ4n) is 4.00. The molecular formula is C26H22F2N6O5. The van der Waals surface area contributed by atoms with Crippen molar-refractivity contribution in [3.05, 3.63) is 94.3 Å². The van der Waals surface area contributed by atoms with Crippen LogP contribution in [0.3, 0.4) is 0 Å². The van der Waals surface area contributed by atoms with Crippen LogP contribution in [0, 0.1) is 18.6 Å². The number of halogens is 2. The van der Waals surface area contributed by atoms with Crippen molar-refractivity contribution in [2.24, 2.45) is 0 Å². The van der Waals surface area contributed by atoms with Crippen LogP contribution in [-0.4, -0.2) is 55.7 Å². The van der Waals surface area contributed by atoms with E-state index in [9.17, 15) is 28.3 Å². The summed E-state index contributed by atoms with van der Waals surface area (Å²) >= 11 is 0. The number of hydrogen-bond acceptors (Lipinski definition) is 6. The molecule has 2 aromatic heterocycles. The van der Waals surface area contributed by atoms with Gasteiger partial charge in [-0.3, -0.25) is 14.7 Å². The third-order valence-corrected chi connectivity index (χ3v) is 5.99. The molecule has 13 heteroatoms. The number of likely N-dealkylation sites (tertiary alicyclic amines) is 1. The minimum Gasteiger partial charge on any atom is -0.454 e. The van der Waals surface area contributed by atoms with Crippen molar-refractivity contribution in [3.8, 4) is 17.2 Å². The Morgan fingerprint density at radius 2 is 1.85 bits per heavy atom. The fourth-order valence-corrected chi connectivity index (χ4v) is 4.00. The number of nitrogens with one attached hydrogen (secondary N) is 3. The Hall–Kier alpha value is -5.04. The first-order chi connectivity index (χ1) is 18.7. The number of para-hydroxylation sites is 1. The number of amides is 3. The lowest BCUT2D eigenvalue weighted by molar-refractivity contribution is 0.0308. The molecule has 1 fully saturated rings. The van der Waals surface area contributed by atoms with E-state index in [0.29, 0.717) is 0 Å². The highest BCUT2D eigenvalue weighted by Crippen LogP contribution is 2.28. The summed E-state index contributed by atoms with van der Waals surface area (Å²) < 4.78 is 35.6. The number of imidazole rings is 1. The topological polar surface area (TPSA) is 142 Å². The van der Waals surface area contributed by atoms with Gasteiger partial charge in [-0.15, -0.1) is 0 Å². The summed E-state index contributed by atoms with van der Waals surface area (Å²) in [5.41, 5.74) is -0.561. The van der Waals surface area contributed by atoms with E-state index >= 15 is 0 Å². The second kappa shape index (κ2) is 10.4. The summed E-state index contributed by atoms with van der Waals surface area (Å²) in [6.07, 6.45) is 0.833. The molecular weight excluding hydrogens is 514 g/mol. The van der Waals surface area contributed by atoms with Crippen LogP contribution in [-0.2, 0) is 0 Å². The predicted octanol–water partition coefficient (Wildman–Crippen LogP) is 3.40. The molecule has 200 valence electrons. The van der Waals surface area contributed by atoms with E-state index in [1.807, 2.05) is 0 Å². The molecule has 0 bridgehead atoms. The quantitative estimate of drug-likeness (QED) is 0.298. The summed E-state index contributed by atoms with van der Waals surface area (Å²) in [6.45, 7) is 1.93. The first-order valence-corrected chi connectivity index (χ1v) is 11.7. The van der Waals surface area contributed by atoms with Gasteiger partial charge in [0, 0.05) is 24.0 Å². The lowest BCUT2D eigenvalue weighted by atomic mass is 10.2. The van der Waals surface area contributed by atoms with Gasteiger partial charge < -0.3 is 25.0 Å². The monoisotopic (exact) mass is 536 g/mol. The van der Waals surface area contributed by atoms with E-state index < -0.39 is 35.4 Å². The van der Waals surface area contributed by atoms with Gasteiger partial charge in [0.15, 0.2) is 11.6 Å². The van der Waals surface area contributed by atoms with Gasteiger partial charge >= 0.3 is 11.7 Å². The molecule has 3 amide bonds. The zero-order valence-corrected chi connectivity index (χ0v) is 20.4. The molecule has 0 spiro atoms. The van der Waals surface area contributed by atoms with Crippen LogP contribution in [0.5, 0.6) is 11.5 Å². The highest BCUT2D eigenvalue weighted by atomic mass is 19.1. The molecule has 0 unspecified atom stereocenters. The number of benzene rings is 2. The smallest absolute Gasteiger partial charge is 0.331 e. The molecule has 4 N–H and O–H groups in total. The maximum atomic E-state index is 14.8. The van der Waals surface area contributed by atoms with Gasteiger partial charge in [-0.05, 0) is 37.3 Å². The second-order valence-electron chi connectivity index (χ2n) is 8.74. The highest BCUT2D eigenvalue weighted by molar-refractivity contribution is 6.03. The maximum Gasteiger partial charge on any atom is 0.331 e. The average molecular weight is 536 g/mol. The van der Waals surface area contributed by atoms with Crippen molar-refractivity contribution in [3.63, 3.8) is 0 Å². The number of pyridine rings is 1. The third kappa shape index (κ3) is 5.33. The summed E-state index contributed by atoms with van der Waals surface area (Å²) in [4.78, 5) is 45.2. The molecule has 39 heavy (non-hydrogen) atoms. The molecule has 2 aromatic carbocycles. The lowest BCUT2D eigenvalue weighted by Gasteiger charge is -2.35. The van der Waals surface area contributed by atoms with E-state index in [1.54, 1.807) is 6.07 Å². The molecule has 4 aromatic rings. The summed E-state index contributed by atoms with van der Waals surface area (Å²) in [6, 6.07) is 11.8. The lowest BCUT2D eigenvalue weighted by Crippen LogP contribution is -2.54. The van der Waals surface area contributed by atoms with Crippen LogP contribution in [0.15, 0.2) is 65.6 Å². The molecule has 0 atom stereocenters. The van der Waals surface area contributed by atoms with Gasteiger partial charge in [0.2, 0.25) is 0 Å². The van der Waals surface area contributed by atoms with Crippen LogP contribution >= 0.6 is 0 Å².